The summed E-state index contributed by atoms with van der Waals surface area (Å²) in [5, 5.41) is 9.30. The smallest absolute Gasteiger partial charge is 0.264 e. The number of furan rings is 1. The highest BCUT2D eigenvalue weighted by atomic mass is 16.5. The number of amides is 1. The average molecular weight is 322 g/mol. The Morgan fingerprint density at radius 2 is 1.88 bits per heavy atom. The van der Waals surface area contributed by atoms with Gasteiger partial charge in [-0.1, -0.05) is 29.8 Å². The molecule has 1 aliphatic heterocycles. The molecule has 3 rings (SSSR count). The van der Waals surface area contributed by atoms with Crippen LogP contribution in [-0.4, -0.2) is 37.1 Å². The Kier molecular flexibility index (Phi) is 4.78. The summed E-state index contributed by atoms with van der Waals surface area (Å²) in [7, 11) is 0. The molecular formula is C19H18N2O3. The fraction of sp³-hybridized carbons (Fsp3) is 0.263. The molecule has 0 unspecified atom stereocenters. The summed E-state index contributed by atoms with van der Waals surface area (Å²) in [6, 6.07) is 13.5. The minimum Gasteiger partial charge on any atom is -0.457 e. The lowest BCUT2D eigenvalue weighted by Crippen LogP contribution is -2.41. The maximum atomic E-state index is 12.4. The third-order valence-corrected chi connectivity index (χ3v) is 3.90. The lowest BCUT2D eigenvalue weighted by molar-refractivity contribution is -0.130. The van der Waals surface area contributed by atoms with Crippen molar-refractivity contribution in [2.24, 2.45) is 0 Å². The van der Waals surface area contributed by atoms with Crippen molar-refractivity contribution in [3.8, 4) is 17.4 Å². The number of morpholine rings is 1. The van der Waals surface area contributed by atoms with Gasteiger partial charge in [0.1, 0.15) is 23.2 Å². The third kappa shape index (κ3) is 3.55. The molecule has 1 aliphatic rings. The standard InChI is InChI=1S/C19H18N2O3/c1-14-2-4-15(5-3-14)18-7-6-17(24-18)12-16(13-20)19(22)21-8-10-23-11-9-21/h2-7,12H,8-11H2,1H3. The molecule has 1 aromatic heterocycles. The molecule has 0 bridgehead atoms. The van der Waals surface area contributed by atoms with Crippen molar-refractivity contribution in [2.75, 3.05) is 26.3 Å². The minimum atomic E-state index is -0.283. The fourth-order valence-corrected chi connectivity index (χ4v) is 2.52. The zero-order chi connectivity index (χ0) is 16.9. The predicted octanol–water partition coefficient (Wildman–Crippen LogP) is 3.02. The Hall–Kier alpha value is -2.84. The summed E-state index contributed by atoms with van der Waals surface area (Å²) in [5.74, 6) is 0.912. The van der Waals surface area contributed by atoms with Gasteiger partial charge in [-0.15, -0.1) is 0 Å². The summed E-state index contributed by atoms with van der Waals surface area (Å²) in [6.07, 6.45) is 1.50. The van der Waals surface area contributed by atoms with Crippen molar-refractivity contribution >= 4 is 12.0 Å². The van der Waals surface area contributed by atoms with Gasteiger partial charge in [0.25, 0.3) is 5.91 Å². The van der Waals surface area contributed by atoms with E-state index in [1.165, 1.54) is 11.6 Å². The van der Waals surface area contributed by atoms with Crippen LogP contribution in [0.5, 0.6) is 0 Å². The van der Waals surface area contributed by atoms with Crippen LogP contribution in [0.15, 0.2) is 46.4 Å². The number of aryl methyl sites for hydroxylation is 1. The molecule has 5 nitrogen and oxygen atoms in total. The van der Waals surface area contributed by atoms with E-state index in [2.05, 4.69) is 0 Å². The van der Waals surface area contributed by atoms with Crippen LogP contribution in [0, 0.1) is 18.3 Å². The molecule has 2 aromatic rings. The highest BCUT2D eigenvalue weighted by Crippen LogP contribution is 2.24. The Morgan fingerprint density at radius 3 is 2.54 bits per heavy atom. The van der Waals surface area contributed by atoms with Gasteiger partial charge in [-0.25, -0.2) is 0 Å². The first-order chi connectivity index (χ1) is 11.7. The topological polar surface area (TPSA) is 66.5 Å². The van der Waals surface area contributed by atoms with Crippen LogP contribution in [0.4, 0.5) is 0 Å². The van der Waals surface area contributed by atoms with E-state index in [0.717, 1.165) is 5.56 Å². The summed E-state index contributed by atoms with van der Waals surface area (Å²) < 4.78 is 11.0. The van der Waals surface area contributed by atoms with E-state index < -0.39 is 0 Å². The summed E-state index contributed by atoms with van der Waals surface area (Å²) in [4.78, 5) is 14.0. The quantitative estimate of drug-likeness (QED) is 0.643. The summed E-state index contributed by atoms with van der Waals surface area (Å²) >= 11 is 0. The highest BCUT2D eigenvalue weighted by molar-refractivity contribution is 6.01. The molecule has 122 valence electrons. The highest BCUT2D eigenvalue weighted by Gasteiger charge is 2.21. The number of hydrogen-bond donors (Lipinski definition) is 0. The molecule has 1 fully saturated rings. The SMILES string of the molecule is Cc1ccc(-c2ccc(C=C(C#N)C(=O)N3CCOCC3)o2)cc1. The molecule has 5 heteroatoms. The maximum Gasteiger partial charge on any atom is 0.264 e. The molecule has 0 saturated carbocycles. The number of nitrogens with zero attached hydrogens (tertiary/aromatic N) is 2. The van der Waals surface area contributed by atoms with Crippen LogP contribution >= 0.6 is 0 Å². The molecule has 24 heavy (non-hydrogen) atoms. The second-order valence-electron chi connectivity index (χ2n) is 5.64. The van der Waals surface area contributed by atoms with Crippen molar-refractivity contribution in [3.05, 3.63) is 53.3 Å². The van der Waals surface area contributed by atoms with Gasteiger partial charge >= 0.3 is 0 Å². The minimum absolute atomic E-state index is 0.0710. The van der Waals surface area contributed by atoms with E-state index in [0.29, 0.717) is 37.8 Å². The largest absolute Gasteiger partial charge is 0.457 e. The Bertz CT molecular complexity index is 791. The second-order valence-corrected chi connectivity index (χ2v) is 5.64. The number of rotatable bonds is 3. The van der Waals surface area contributed by atoms with Gasteiger partial charge in [0, 0.05) is 24.7 Å². The van der Waals surface area contributed by atoms with E-state index in [1.54, 1.807) is 11.0 Å². The molecule has 0 atom stereocenters. The van der Waals surface area contributed by atoms with Gasteiger partial charge in [0.2, 0.25) is 0 Å². The van der Waals surface area contributed by atoms with E-state index in [4.69, 9.17) is 9.15 Å². The van der Waals surface area contributed by atoms with Crippen molar-refractivity contribution in [3.63, 3.8) is 0 Å². The Morgan fingerprint density at radius 1 is 1.17 bits per heavy atom. The molecule has 1 aromatic carbocycles. The van der Waals surface area contributed by atoms with Gasteiger partial charge in [0.05, 0.1) is 13.2 Å². The second kappa shape index (κ2) is 7.16. The summed E-state index contributed by atoms with van der Waals surface area (Å²) in [6.45, 7) is 4.04. The zero-order valence-electron chi connectivity index (χ0n) is 13.5. The van der Waals surface area contributed by atoms with E-state index in [9.17, 15) is 10.1 Å². The molecule has 0 aliphatic carbocycles. The number of carbonyl (C=O) groups excluding carboxylic acids is 1. The molecule has 0 N–H and O–H groups in total. The van der Waals surface area contributed by atoms with Crippen LogP contribution < -0.4 is 0 Å². The van der Waals surface area contributed by atoms with Crippen LogP contribution in [-0.2, 0) is 9.53 Å². The van der Waals surface area contributed by atoms with E-state index in [1.807, 2.05) is 43.3 Å². The van der Waals surface area contributed by atoms with Crippen molar-refractivity contribution < 1.29 is 13.9 Å². The first-order valence-corrected chi connectivity index (χ1v) is 7.83. The van der Waals surface area contributed by atoms with Gasteiger partial charge in [0.15, 0.2) is 0 Å². The fourth-order valence-electron chi connectivity index (χ4n) is 2.52. The van der Waals surface area contributed by atoms with Crippen molar-refractivity contribution in [2.45, 2.75) is 6.92 Å². The van der Waals surface area contributed by atoms with Crippen LogP contribution in [0.2, 0.25) is 0 Å². The van der Waals surface area contributed by atoms with Crippen LogP contribution in [0.1, 0.15) is 11.3 Å². The van der Waals surface area contributed by atoms with E-state index >= 15 is 0 Å². The molecular weight excluding hydrogens is 304 g/mol. The molecule has 1 amide bonds. The van der Waals surface area contributed by atoms with Gasteiger partial charge in [-0.2, -0.15) is 5.26 Å². The van der Waals surface area contributed by atoms with Gasteiger partial charge in [-0.05, 0) is 19.1 Å². The third-order valence-electron chi connectivity index (χ3n) is 3.90. The average Bonchev–Trinajstić information content (AvgIpc) is 3.09. The normalized spacial score (nSPS) is 15.2. The summed E-state index contributed by atoms with van der Waals surface area (Å²) in [5.41, 5.74) is 2.20. The van der Waals surface area contributed by atoms with Crippen LogP contribution in [0.3, 0.4) is 0 Å². The van der Waals surface area contributed by atoms with Crippen molar-refractivity contribution in [1.82, 2.24) is 4.90 Å². The first kappa shape index (κ1) is 16.0. The molecule has 0 spiro atoms. The number of ether oxygens (including phenoxy) is 1. The van der Waals surface area contributed by atoms with Crippen LogP contribution in [0.25, 0.3) is 17.4 Å². The Balaban J connectivity index is 1.80. The molecule has 0 radical (unpaired) electrons. The van der Waals surface area contributed by atoms with E-state index in [-0.39, 0.29) is 11.5 Å². The first-order valence-electron chi connectivity index (χ1n) is 7.83. The van der Waals surface area contributed by atoms with Crippen molar-refractivity contribution in [1.29, 1.82) is 5.26 Å². The zero-order valence-corrected chi connectivity index (χ0v) is 13.5. The number of carbonyl (C=O) groups is 1. The number of nitriles is 1. The lowest BCUT2D eigenvalue weighted by Gasteiger charge is -2.26. The number of benzene rings is 1. The Labute approximate surface area is 140 Å². The lowest BCUT2D eigenvalue weighted by atomic mass is 10.1. The molecule has 2 heterocycles. The van der Waals surface area contributed by atoms with Gasteiger partial charge in [-0.3, -0.25) is 4.79 Å². The molecule has 1 saturated heterocycles. The maximum absolute atomic E-state index is 12.4. The predicted molar refractivity (Wildman–Crippen MR) is 89.9 cm³/mol. The van der Waals surface area contributed by atoms with Gasteiger partial charge < -0.3 is 14.1 Å². The monoisotopic (exact) mass is 322 g/mol. The number of hydrogen-bond acceptors (Lipinski definition) is 4.